The Bertz CT molecular complexity index is 1470. The minimum atomic E-state index is -1.30. The van der Waals surface area contributed by atoms with E-state index in [0.29, 0.717) is 32.8 Å². The molecule has 6 nitrogen and oxygen atoms in total. The molecule has 3 aliphatic carbocycles. The molecule has 0 N–H and O–H groups in total. The van der Waals surface area contributed by atoms with E-state index in [1.807, 2.05) is 48.5 Å². The lowest BCUT2D eigenvalue weighted by Gasteiger charge is -2.54. The first-order chi connectivity index (χ1) is 19.6. The van der Waals surface area contributed by atoms with Crippen molar-refractivity contribution in [3.63, 3.8) is 0 Å². The van der Waals surface area contributed by atoms with Gasteiger partial charge in [-0.05, 0) is 46.5 Å². The fourth-order valence-electron chi connectivity index (χ4n) is 6.51. The summed E-state index contributed by atoms with van der Waals surface area (Å²) in [4.78, 5) is 52.1. The van der Waals surface area contributed by atoms with Crippen molar-refractivity contribution >= 4 is 70.0 Å². The van der Waals surface area contributed by atoms with Crippen LogP contribution in [-0.2, 0) is 28.9 Å². The van der Waals surface area contributed by atoms with Gasteiger partial charge in [-0.2, -0.15) is 0 Å². The molecule has 0 spiro atoms. The quantitative estimate of drug-likeness (QED) is 0.131. The number of alkyl halides is 3. The number of likely N-dealkylation sites (tertiary alicyclic amines) is 1. The van der Waals surface area contributed by atoms with Gasteiger partial charge in [0.15, 0.2) is 6.10 Å². The molecule has 2 amide bonds. The maximum Gasteiger partial charge on any atom is 0.308 e. The molecule has 0 radical (unpaired) electrons. The smallest absolute Gasteiger partial charge is 0.308 e. The molecule has 0 unspecified atom stereocenters. The fraction of sp³-hybridized carbons (Fsp3) is 0.290. The third-order valence-corrected chi connectivity index (χ3v) is 10.0. The highest BCUT2D eigenvalue weighted by Gasteiger charge is 2.72. The molecular formula is C31H23Cl4NO5. The van der Waals surface area contributed by atoms with Gasteiger partial charge in [0.25, 0.3) is 0 Å². The van der Waals surface area contributed by atoms with Crippen molar-refractivity contribution in [2.45, 2.75) is 28.7 Å². The summed E-state index contributed by atoms with van der Waals surface area (Å²) >= 11 is 26.6. The van der Waals surface area contributed by atoms with Crippen molar-refractivity contribution in [2.24, 2.45) is 11.8 Å². The summed E-state index contributed by atoms with van der Waals surface area (Å²) < 4.78 is 5.47. The van der Waals surface area contributed by atoms with E-state index in [9.17, 15) is 19.2 Å². The second kappa shape index (κ2) is 10.4. The van der Waals surface area contributed by atoms with Crippen LogP contribution in [0.2, 0.25) is 5.02 Å². The maximum absolute atomic E-state index is 13.9. The van der Waals surface area contributed by atoms with Gasteiger partial charge in [0.1, 0.15) is 9.75 Å². The van der Waals surface area contributed by atoms with Crippen LogP contribution in [0.15, 0.2) is 72.8 Å². The van der Waals surface area contributed by atoms with Gasteiger partial charge in [0.05, 0.1) is 18.3 Å². The molecule has 3 aromatic carbocycles. The van der Waals surface area contributed by atoms with Crippen molar-refractivity contribution in [2.75, 3.05) is 12.4 Å². The number of benzene rings is 3. The maximum atomic E-state index is 13.9. The molecule has 41 heavy (non-hydrogen) atoms. The summed E-state index contributed by atoms with van der Waals surface area (Å²) in [6.45, 7) is -0.237. The van der Waals surface area contributed by atoms with Crippen molar-refractivity contribution in [1.29, 1.82) is 0 Å². The van der Waals surface area contributed by atoms with Crippen LogP contribution in [0.1, 0.15) is 45.5 Å². The highest BCUT2D eigenvalue weighted by atomic mass is 35.5. The molecule has 4 aliphatic rings. The molecule has 210 valence electrons. The van der Waals surface area contributed by atoms with E-state index in [1.54, 1.807) is 12.1 Å². The van der Waals surface area contributed by atoms with Gasteiger partial charge in [0, 0.05) is 29.4 Å². The van der Waals surface area contributed by atoms with E-state index >= 15 is 0 Å². The number of esters is 1. The van der Waals surface area contributed by atoms with Gasteiger partial charge >= 0.3 is 5.97 Å². The lowest BCUT2D eigenvalue weighted by atomic mass is 9.54. The van der Waals surface area contributed by atoms with Crippen LogP contribution >= 0.6 is 46.4 Å². The number of rotatable bonds is 8. The summed E-state index contributed by atoms with van der Waals surface area (Å²) in [7, 11) is 0. The number of imide groups is 1. The number of Topliss-reactive ketones (excluding diaryl/α,β-unsaturated/α-hetero) is 1. The Morgan fingerprint density at radius 3 is 1.71 bits per heavy atom. The fourth-order valence-corrected chi connectivity index (χ4v) is 7.93. The first-order valence-electron chi connectivity index (χ1n) is 13.1. The molecule has 3 atom stereocenters. The summed E-state index contributed by atoms with van der Waals surface area (Å²) in [5, 5.41) is 0.463. The molecule has 3 aromatic rings. The molecular weight excluding hydrogens is 608 g/mol. The largest absolute Gasteiger partial charge is 0.454 e. The zero-order chi connectivity index (χ0) is 29.1. The molecule has 10 heteroatoms. The Balaban J connectivity index is 1.25. The van der Waals surface area contributed by atoms with Gasteiger partial charge < -0.3 is 4.74 Å². The minimum absolute atomic E-state index is 0.0838. The Morgan fingerprint density at radius 1 is 0.805 bits per heavy atom. The second-order valence-corrected chi connectivity index (χ2v) is 12.4. The van der Waals surface area contributed by atoms with Crippen molar-refractivity contribution in [3.05, 3.63) is 106 Å². The number of hydrogen-bond acceptors (Lipinski definition) is 5. The Hall–Kier alpha value is -2.90. The molecule has 0 aromatic heterocycles. The number of hydrogen-bond donors (Lipinski definition) is 0. The Labute approximate surface area is 256 Å². The van der Waals surface area contributed by atoms with Gasteiger partial charge in [-0.25, -0.2) is 0 Å². The van der Waals surface area contributed by atoms with E-state index in [4.69, 9.17) is 51.1 Å². The van der Waals surface area contributed by atoms with E-state index in [2.05, 4.69) is 0 Å². The topological polar surface area (TPSA) is 80.8 Å². The Morgan fingerprint density at radius 2 is 1.27 bits per heavy atom. The number of ketones is 1. The summed E-state index contributed by atoms with van der Waals surface area (Å²) in [5.41, 5.74) is 3.11. The predicted octanol–water partition coefficient (Wildman–Crippen LogP) is 6.05. The lowest BCUT2D eigenvalue weighted by Crippen LogP contribution is -2.57. The van der Waals surface area contributed by atoms with E-state index in [1.165, 1.54) is 12.1 Å². The normalized spacial score (nSPS) is 26.3. The van der Waals surface area contributed by atoms with Gasteiger partial charge in [0.2, 0.25) is 17.6 Å². The molecule has 7 rings (SSSR count). The van der Waals surface area contributed by atoms with Gasteiger partial charge in [-0.15, -0.1) is 34.8 Å². The van der Waals surface area contributed by atoms with Gasteiger partial charge in [-0.1, -0.05) is 60.1 Å². The van der Waals surface area contributed by atoms with Crippen molar-refractivity contribution in [1.82, 2.24) is 4.90 Å². The number of carbonyl (C=O) groups excluding carboxylic acids is 4. The Kier molecular flexibility index (Phi) is 7.18. The molecule has 1 saturated heterocycles. The van der Waals surface area contributed by atoms with E-state index in [0.717, 1.165) is 4.90 Å². The van der Waals surface area contributed by atoms with Crippen LogP contribution in [0, 0.1) is 11.8 Å². The monoisotopic (exact) mass is 629 g/mol. The van der Waals surface area contributed by atoms with Crippen LogP contribution < -0.4 is 0 Å². The standard InChI is InChI=1S/C31H23Cl4NO5/c32-15-13-23(27(38)17-9-11-18(33)12-10-17)41-24(37)14-16-36-28(39)25-26(29(36)40)31(35)20-6-2-1-5-19(20)30(25,34)21-7-3-4-8-22(21)31/h1-12,23,25-26H,13-16H2/t23-,25-,26-,30?,31?/m0/s1. The average molecular weight is 631 g/mol. The number of nitrogens with zero attached hydrogens (tertiary/aromatic N) is 1. The zero-order valence-corrected chi connectivity index (χ0v) is 24.5. The highest BCUT2D eigenvalue weighted by Crippen LogP contribution is 2.69. The highest BCUT2D eigenvalue weighted by molar-refractivity contribution is 6.36. The summed E-state index contributed by atoms with van der Waals surface area (Å²) in [6, 6.07) is 20.9. The average Bonchev–Trinajstić information content (AvgIpc) is 3.24. The van der Waals surface area contributed by atoms with Crippen LogP contribution in [0.25, 0.3) is 0 Å². The molecule has 0 saturated carbocycles. The third kappa shape index (κ3) is 4.14. The second-order valence-electron chi connectivity index (χ2n) is 10.4. The van der Waals surface area contributed by atoms with Gasteiger partial charge in [-0.3, -0.25) is 24.1 Å². The van der Waals surface area contributed by atoms with E-state index in [-0.39, 0.29) is 25.3 Å². The van der Waals surface area contributed by atoms with Crippen molar-refractivity contribution in [3.8, 4) is 0 Å². The zero-order valence-electron chi connectivity index (χ0n) is 21.5. The molecule has 2 bridgehead atoms. The van der Waals surface area contributed by atoms with Crippen LogP contribution in [-0.4, -0.2) is 47.0 Å². The first-order valence-corrected chi connectivity index (χ1v) is 14.8. The third-order valence-electron chi connectivity index (χ3n) is 8.28. The van der Waals surface area contributed by atoms with Crippen LogP contribution in [0.3, 0.4) is 0 Å². The lowest BCUT2D eigenvalue weighted by molar-refractivity contribution is -0.148. The van der Waals surface area contributed by atoms with E-state index < -0.39 is 51.3 Å². The number of carbonyl (C=O) groups is 4. The minimum Gasteiger partial charge on any atom is -0.454 e. The number of ether oxygens (including phenoxy) is 1. The molecule has 1 heterocycles. The first kappa shape index (κ1) is 28.2. The number of halogens is 4. The van der Waals surface area contributed by atoms with Crippen LogP contribution in [0.4, 0.5) is 0 Å². The predicted molar refractivity (Wildman–Crippen MR) is 155 cm³/mol. The summed E-state index contributed by atoms with van der Waals surface area (Å²) in [6.07, 6.45) is -1.33. The van der Waals surface area contributed by atoms with Crippen LogP contribution in [0.5, 0.6) is 0 Å². The number of amides is 2. The van der Waals surface area contributed by atoms with Crippen molar-refractivity contribution < 1.29 is 23.9 Å². The summed E-state index contributed by atoms with van der Waals surface area (Å²) in [5.74, 6) is -3.97. The SMILES string of the molecule is O=C(CCN1C(=O)[C@@H]2[C@@H](C1=O)C1(Cl)c3ccccc3C2(Cl)c2ccccc21)O[C@@H](CCCl)C(=O)c1ccc(Cl)cc1. The molecule has 1 fully saturated rings. The molecule has 1 aliphatic heterocycles.